The lowest BCUT2D eigenvalue weighted by Gasteiger charge is -2.36. The van der Waals surface area contributed by atoms with Crippen LogP contribution in [0, 0.1) is 0 Å². The topological polar surface area (TPSA) is 74.7 Å². The second-order valence-corrected chi connectivity index (χ2v) is 8.17. The number of nitrogens with one attached hydrogen (secondary N) is 1. The summed E-state index contributed by atoms with van der Waals surface area (Å²) in [5.41, 5.74) is 0.493. The summed E-state index contributed by atoms with van der Waals surface area (Å²) in [5, 5.41) is 14.0. The van der Waals surface area contributed by atoms with Crippen molar-refractivity contribution >= 4 is 27.7 Å². The summed E-state index contributed by atoms with van der Waals surface area (Å²) in [5.74, 6) is 0.323. The number of carbonyl (C=O) groups excluding carboxylic acids is 1. The first-order valence-electron chi connectivity index (χ1n) is 9.51. The number of carbonyl (C=O) groups is 1. The van der Waals surface area contributed by atoms with Gasteiger partial charge >= 0.3 is 5.97 Å². The number of hydrogen-bond acceptors (Lipinski definition) is 6. The second-order valence-electron chi connectivity index (χ2n) is 7.26. The Labute approximate surface area is 163 Å². The molecule has 1 aliphatic carbocycles. The van der Waals surface area contributed by atoms with Crippen LogP contribution in [0.15, 0.2) is 16.7 Å². The van der Waals surface area contributed by atoms with Gasteiger partial charge in [-0.15, -0.1) is 0 Å². The zero-order valence-electron chi connectivity index (χ0n) is 15.3. The van der Waals surface area contributed by atoms with E-state index in [2.05, 4.69) is 31.1 Å². The molecular formula is C19H28BrN3O3. The summed E-state index contributed by atoms with van der Waals surface area (Å²) in [6.45, 7) is 1.66. The third kappa shape index (κ3) is 4.75. The molecule has 1 unspecified atom stereocenters. The van der Waals surface area contributed by atoms with Crippen LogP contribution >= 0.6 is 15.9 Å². The third-order valence-corrected chi connectivity index (χ3v) is 5.90. The predicted octanol–water partition coefficient (Wildman–Crippen LogP) is 2.88. The minimum atomic E-state index is -0.365. The van der Waals surface area contributed by atoms with E-state index in [1.165, 1.54) is 20.0 Å². The van der Waals surface area contributed by atoms with Gasteiger partial charge in [-0.3, -0.25) is 0 Å². The molecule has 0 spiro atoms. The number of aliphatic hydroxyl groups excluding tert-OH is 1. The molecule has 2 N–H and O–H groups in total. The number of aromatic nitrogens is 1. The molecule has 1 saturated carbocycles. The molecule has 1 aromatic rings. The van der Waals surface area contributed by atoms with Gasteiger partial charge in [-0.1, -0.05) is 19.3 Å². The van der Waals surface area contributed by atoms with Gasteiger partial charge in [-0.2, -0.15) is 0 Å². The molecule has 1 aromatic heterocycles. The highest BCUT2D eigenvalue weighted by atomic mass is 79.9. The van der Waals surface area contributed by atoms with Crippen molar-refractivity contribution in [1.82, 2.24) is 10.3 Å². The average molecular weight is 426 g/mol. The Kier molecular flexibility index (Phi) is 6.89. The zero-order valence-corrected chi connectivity index (χ0v) is 16.9. The average Bonchev–Trinajstić information content (AvgIpc) is 2.86. The number of aliphatic hydroxyl groups is 1. The number of nitrogens with zero attached hydrogens (tertiary/aromatic N) is 2. The number of methoxy groups -OCH3 is 1. The fraction of sp³-hybridized carbons (Fsp3) is 0.684. The number of piperidine rings is 1. The lowest BCUT2D eigenvalue weighted by molar-refractivity contribution is 0.0600. The van der Waals surface area contributed by atoms with Crippen LogP contribution in [-0.4, -0.2) is 54.4 Å². The minimum absolute atomic E-state index is 0.213. The quantitative estimate of drug-likeness (QED) is 0.570. The minimum Gasteiger partial charge on any atom is -0.465 e. The zero-order chi connectivity index (χ0) is 18.5. The van der Waals surface area contributed by atoms with Crippen molar-refractivity contribution in [3.8, 4) is 0 Å². The molecule has 26 heavy (non-hydrogen) atoms. The summed E-state index contributed by atoms with van der Waals surface area (Å²) in [6, 6.07) is 2.38. The molecule has 2 aliphatic rings. The number of esters is 1. The van der Waals surface area contributed by atoms with E-state index in [1.807, 2.05) is 0 Å². The normalized spacial score (nSPS) is 25.0. The van der Waals surface area contributed by atoms with E-state index in [4.69, 9.17) is 4.74 Å². The molecular weight excluding hydrogens is 398 g/mol. The van der Waals surface area contributed by atoms with Crippen molar-refractivity contribution in [1.29, 1.82) is 0 Å². The van der Waals surface area contributed by atoms with Gasteiger partial charge in [0.1, 0.15) is 11.4 Å². The predicted molar refractivity (Wildman–Crippen MR) is 105 cm³/mol. The molecule has 2 fully saturated rings. The van der Waals surface area contributed by atoms with Crippen LogP contribution in [0.3, 0.4) is 0 Å². The molecule has 0 bridgehead atoms. The van der Waals surface area contributed by atoms with Crippen molar-refractivity contribution < 1.29 is 14.6 Å². The summed E-state index contributed by atoms with van der Waals surface area (Å²) in [4.78, 5) is 18.7. The number of anilines is 1. The highest BCUT2D eigenvalue weighted by molar-refractivity contribution is 9.10. The van der Waals surface area contributed by atoms with E-state index >= 15 is 0 Å². The molecule has 0 amide bonds. The van der Waals surface area contributed by atoms with E-state index in [1.54, 1.807) is 12.3 Å². The van der Waals surface area contributed by atoms with Gasteiger partial charge in [-0.25, -0.2) is 9.78 Å². The van der Waals surface area contributed by atoms with Crippen LogP contribution < -0.4 is 10.2 Å². The third-order valence-electron chi connectivity index (χ3n) is 5.46. The van der Waals surface area contributed by atoms with Crippen LogP contribution in [0.25, 0.3) is 0 Å². The fourth-order valence-electron chi connectivity index (χ4n) is 3.99. The van der Waals surface area contributed by atoms with Crippen molar-refractivity contribution in [2.45, 2.75) is 63.1 Å². The molecule has 6 nitrogen and oxygen atoms in total. The van der Waals surface area contributed by atoms with Crippen molar-refractivity contribution in [2.75, 3.05) is 25.1 Å². The van der Waals surface area contributed by atoms with E-state index in [0.29, 0.717) is 17.4 Å². The van der Waals surface area contributed by atoms with Crippen LogP contribution in [-0.2, 0) is 4.74 Å². The molecule has 1 aliphatic heterocycles. The Bertz CT molecular complexity index is 620. The maximum atomic E-state index is 12.1. The maximum absolute atomic E-state index is 12.1. The first kappa shape index (κ1) is 19.6. The Morgan fingerprint density at radius 3 is 2.73 bits per heavy atom. The monoisotopic (exact) mass is 425 g/mol. The number of hydrogen-bond donors (Lipinski definition) is 2. The summed E-state index contributed by atoms with van der Waals surface area (Å²) in [7, 11) is 1.39. The standard InChI is InChI=1S/C19H28BrN3O3/c1-26-19(25)15-11-13(20)12-21-18(15)23-9-7-14(8-10-23)22-16-5-3-2-4-6-17(16)24/h11-12,14,16-17,22,24H,2-10H2,1H3/t16?,17-/m0/s1. The highest BCUT2D eigenvalue weighted by Gasteiger charge is 2.28. The first-order chi connectivity index (χ1) is 12.6. The van der Waals surface area contributed by atoms with Gasteiger partial charge < -0.3 is 20.1 Å². The van der Waals surface area contributed by atoms with Crippen molar-refractivity contribution in [3.63, 3.8) is 0 Å². The second kappa shape index (κ2) is 9.15. The van der Waals surface area contributed by atoms with Gasteiger partial charge in [0, 0.05) is 35.8 Å². The number of halogens is 1. The fourth-order valence-corrected chi connectivity index (χ4v) is 4.32. The van der Waals surface area contributed by atoms with Crippen LogP contribution in [0.4, 0.5) is 5.82 Å². The van der Waals surface area contributed by atoms with Gasteiger partial charge in [0.25, 0.3) is 0 Å². The number of rotatable bonds is 4. The molecule has 2 heterocycles. The highest BCUT2D eigenvalue weighted by Crippen LogP contribution is 2.26. The van der Waals surface area contributed by atoms with Crippen molar-refractivity contribution in [3.05, 3.63) is 22.3 Å². The molecule has 3 rings (SSSR count). The van der Waals surface area contributed by atoms with Crippen LogP contribution in [0.5, 0.6) is 0 Å². The molecule has 144 valence electrons. The lowest BCUT2D eigenvalue weighted by Crippen LogP contribution is -2.50. The van der Waals surface area contributed by atoms with E-state index in [9.17, 15) is 9.90 Å². The Morgan fingerprint density at radius 1 is 1.27 bits per heavy atom. The maximum Gasteiger partial charge on any atom is 0.341 e. The molecule has 0 aromatic carbocycles. The SMILES string of the molecule is COC(=O)c1cc(Br)cnc1N1CCC(NC2CCCCC[C@@H]2O)CC1. The van der Waals surface area contributed by atoms with Crippen LogP contribution in [0.1, 0.15) is 55.3 Å². The lowest BCUT2D eigenvalue weighted by atomic mass is 9.99. The Hall–Kier alpha value is -1.18. The smallest absolute Gasteiger partial charge is 0.341 e. The number of ether oxygens (including phenoxy) is 1. The van der Waals surface area contributed by atoms with Gasteiger partial charge in [0.2, 0.25) is 0 Å². The van der Waals surface area contributed by atoms with Crippen LogP contribution in [0.2, 0.25) is 0 Å². The number of pyridine rings is 1. The molecule has 1 saturated heterocycles. The van der Waals surface area contributed by atoms with Crippen molar-refractivity contribution in [2.24, 2.45) is 0 Å². The van der Waals surface area contributed by atoms with E-state index in [-0.39, 0.29) is 18.1 Å². The first-order valence-corrected chi connectivity index (χ1v) is 10.3. The van der Waals surface area contributed by atoms with Gasteiger partial charge in [-0.05, 0) is 47.7 Å². The van der Waals surface area contributed by atoms with E-state index < -0.39 is 0 Å². The molecule has 2 atom stereocenters. The Morgan fingerprint density at radius 2 is 2.00 bits per heavy atom. The van der Waals surface area contributed by atoms with Gasteiger partial charge in [0.05, 0.1) is 13.2 Å². The summed E-state index contributed by atoms with van der Waals surface area (Å²) >= 11 is 3.37. The molecule has 0 radical (unpaired) electrons. The summed E-state index contributed by atoms with van der Waals surface area (Å²) in [6.07, 6.45) is 8.94. The largest absolute Gasteiger partial charge is 0.465 e. The van der Waals surface area contributed by atoms with Gasteiger partial charge in [0.15, 0.2) is 0 Å². The summed E-state index contributed by atoms with van der Waals surface area (Å²) < 4.78 is 5.67. The Balaban J connectivity index is 1.61. The molecule has 7 heteroatoms. The van der Waals surface area contributed by atoms with E-state index in [0.717, 1.165) is 49.7 Å².